The van der Waals surface area contributed by atoms with Gasteiger partial charge in [-0.1, -0.05) is 12.7 Å². The van der Waals surface area contributed by atoms with Gasteiger partial charge in [0.05, 0.1) is 0 Å². The third-order valence-corrected chi connectivity index (χ3v) is 2.10. The Bertz CT molecular complexity index is 251. The van der Waals surface area contributed by atoms with E-state index in [1.54, 1.807) is 0 Å². The molecule has 0 spiro atoms. The zero-order valence-electron chi connectivity index (χ0n) is 7.81. The zero-order chi connectivity index (χ0) is 10.6. The Balaban J connectivity index is 2.53. The van der Waals surface area contributed by atoms with Crippen LogP contribution in [0.25, 0.3) is 0 Å². The van der Waals surface area contributed by atoms with Crippen molar-refractivity contribution < 1.29 is 19.4 Å². The quantitative estimate of drug-likeness (QED) is 0.684. The van der Waals surface area contributed by atoms with Crippen LogP contribution >= 0.6 is 0 Å². The molecule has 0 aromatic heterocycles. The highest BCUT2D eigenvalue weighted by molar-refractivity contribution is 5.80. The van der Waals surface area contributed by atoms with Crippen LogP contribution in [0.1, 0.15) is 12.8 Å². The van der Waals surface area contributed by atoms with Crippen molar-refractivity contribution in [3.63, 3.8) is 0 Å². The number of nitrogens with zero attached hydrogens (tertiary/aromatic N) is 1. The van der Waals surface area contributed by atoms with Crippen molar-refractivity contribution in [3.8, 4) is 0 Å². The highest BCUT2D eigenvalue weighted by atomic mass is 16.6. The van der Waals surface area contributed by atoms with Crippen LogP contribution in [0.4, 0.5) is 4.79 Å². The lowest BCUT2D eigenvalue weighted by Crippen LogP contribution is -2.40. The van der Waals surface area contributed by atoms with Crippen molar-refractivity contribution in [3.05, 3.63) is 12.7 Å². The molecular weight excluding hydrogens is 186 g/mol. The van der Waals surface area contributed by atoms with Gasteiger partial charge in [0.15, 0.2) is 0 Å². The maximum absolute atomic E-state index is 11.3. The summed E-state index contributed by atoms with van der Waals surface area (Å²) in [5.74, 6) is -0.974. The molecular formula is C9H13NO4. The van der Waals surface area contributed by atoms with Crippen molar-refractivity contribution in [2.24, 2.45) is 0 Å². The van der Waals surface area contributed by atoms with Crippen LogP contribution in [0, 0.1) is 0 Å². The monoisotopic (exact) mass is 199 g/mol. The van der Waals surface area contributed by atoms with E-state index < -0.39 is 18.1 Å². The van der Waals surface area contributed by atoms with E-state index in [2.05, 4.69) is 6.58 Å². The van der Waals surface area contributed by atoms with Gasteiger partial charge in [-0.2, -0.15) is 0 Å². The molecule has 1 N–H and O–H groups in total. The van der Waals surface area contributed by atoms with E-state index in [1.165, 1.54) is 11.0 Å². The standard InChI is InChI=1S/C9H13NO4/c1-2-6-14-9(13)10-5-3-4-7(10)8(11)12/h2,7H,1,3-6H2,(H,11,12). The van der Waals surface area contributed by atoms with Crippen LogP contribution in [0.2, 0.25) is 0 Å². The summed E-state index contributed by atoms with van der Waals surface area (Å²) in [4.78, 5) is 23.3. The molecule has 1 rings (SSSR count). The Hall–Kier alpha value is -1.52. The average Bonchev–Trinajstić information content (AvgIpc) is 2.62. The zero-order valence-corrected chi connectivity index (χ0v) is 7.81. The van der Waals surface area contributed by atoms with Gasteiger partial charge in [0.25, 0.3) is 0 Å². The van der Waals surface area contributed by atoms with Crippen LogP contribution in [-0.2, 0) is 9.53 Å². The fraction of sp³-hybridized carbons (Fsp3) is 0.556. The highest BCUT2D eigenvalue weighted by Gasteiger charge is 2.34. The number of hydrogen-bond donors (Lipinski definition) is 1. The van der Waals surface area contributed by atoms with Gasteiger partial charge in [0.2, 0.25) is 0 Å². The van der Waals surface area contributed by atoms with Gasteiger partial charge in [0.1, 0.15) is 12.6 Å². The van der Waals surface area contributed by atoms with Crippen molar-refractivity contribution >= 4 is 12.1 Å². The summed E-state index contributed by atoms with van der Waals surface area (Å²) in [5, 5.41) is 8.79. The van der Waals surface area contributed by atoms with Crippen molar-refractivity contribution in [2.75, 3.05) is 13.2 Å². The van der Waals surface area contributed by atoms with Gasteiger partial charge in [-0.15, -0.1) is 0 Å². The molecule has 0 aromatic carbocycles. The molecule has 1 saturated heterocycles. The van der Waals surface area contributed by atoms with Crippen LogP contribution in [-0.4, -0.2) is 41.3 Å². The van der Waals surface area contributed by atoms with Gasteiger partial charge in [-0.3, -0.25) is 4.90 Å². The Morgan fingerprint density at radius 2 is 2.36 bits per heavy atom. The summed E-state index contributed by atoms with van der Waals surface area (Å²) in [6.45, 7) is 3.97. The maximum Gasteiger partial charge on any atom is 0.410 e. The molecule has 5 nitrogen and oxygen atoms in total. The van der Waals surface area contributed by atoms with Crippen LogP contribution in [0.3, 0.4) is 0 Å². The SMILES string of the molecule is C=CCOC(=O)N1CCCC1C(=O)O. The Kier molecular flexibility index (Phi) is 3.50. The number of rotatable bonds is 3. The van der Waals surface area contributed by atoms with Crippen LogP contribution < -0.4 is 0 Å². The lowest BCUT2D eigenvalue weighted by atomic mass is 10.2. The topological polar surface area (TPSA) is 66.8 Å². The van der Waals surface area contributed by atoms with E-state index in [0.717, 1.165) is 0 Å². The van der Waals surface area contributed by atoms with Crippen LogP contribution in [0.5, 0.6) is 0 Å². The van der Waals surface area contributed by atoms with E-state index >= 15 is 0 Å². The lowest BCUT2D eigenvalue weighted by molar-refractivity contribution is -0.141. The number of hydrogen-bond acceptors (Lipinski definition) is 3. The van der Waals surface area contributed by atoms with Crippen molar-refractivity contribution in [1.29, 1.82) is 0 Å². The molecule has 0 aliphatic carbocycles. The second kappa shape index (κ2) is 4.64. The summed E-state index contributed by atoms with van der Waals surface area (Å²) in [5.41, 5.74) is 0. The van der Waals surface area contributed by atoms with Gasteiger partial charge in [0, 0.05) is 6.54 Å². The third-order valence-electron chi connectivity index (χ3n) is 2.10. The van der Waals surface area contributed by atoms with Crippen molar-refractivity contribution in [2.45, 2.75) is 18.9 Å². The smallest absolute Gasteiger partial charge is 0.410 e. The molecule has 1 amide bonds. The summed E-state index contributed by atoms with van der Waals surface area (Å²) in [7, 11) is 0. The fourth-order valence-corrected chi connectivity index (χ4v) is 1.46. The molecule has 1 aliphatic heterocycles. The molecule has 1 aliphatic rings. The third kappa shape index (κ3) is 2.25. The van der Waals surface area contributed by atoms with E-state index in [-0.39, 0.29) is 6.61 Å². The normalized spacial score (nSPS) is 20.6. The number of likely N-dealkylation sites (tertiary alicyclic amines) is 1. The molecule has 0 radical (unpaired) electrons. The molecule has 78 valence electrons. The Morgan fingerprint density at radius 3 is 2.93 bits per heavy atom. The Morgan fingerprint density at radius 1 is 1.64 bits per heavy atom. The first kappa shape index (κ1) is 10.6. The van der Waals surface area contributed by atoms with Crippen molar-refractivity contribution in [1.82, 2.24) is 4.90 Å². The lowest BCUT2D eigenvalue weighted by Gasteiger charge is -2.20. The number of carbonyl (C=O) groups is 2. The largest absolute Gasteiger partial charge is 0.480 e. The molecule has 14 heavy (non-hydrogen) atoms. The van der Waals surface area contributed by atoms with E-state index in [0.29, 0.717) is 19.4 Å². The molecule has 5 heteroatoms. The predicted octanol–water partition coefficient (Wildman–Crippen LogP) is 0.858. The summed E-state index contributed by atoms with van der Waals surface area (Å²) < 4.78 is 4.76. The van der Waals surface area contributed by atoms with E-state index in [9.17, 15) is 9.59 Å². The summed E-state index contributed by atoms with van der Waals surface area (Å²) in [6.07, 6.45) is 2.08. The molecule has 1 atom stereocenters. The number of carbonyl (C=O) groups excluding carboxylic acids is 1. The fourth-order valence-electron chi connectivity index (χ4n) is 1.46. The highest BCUT2D eigenvalue weighted by Crippen LogP contribution is 2.18. The van der Waals surface area contributed by atoms with E-state index in [1.807, 2.05) is 0 Å². The summed E-state index contributed by atoms with van der Waals surface area (Å²) >= 11 is 0. The molecule has 1 fully saturated rings. The molecule has 0 aromatic rings. The number of amides is 1. The van der Waals surface area contributed by atoms with Gasteiger partial charge in [-0.25, -0.2) is 9.59 Å². The molecule has 0 bridgehead atoms. The predicted molar refractivity (Wildman–Crippen MR) is 48.9 cm³/mol. The average molecular weight is 199 g/mol. The van der Waals surface area contributed by atoms with Gasteiger partial charge >= 0.3 is 12.1 Å². The van der Waals surface area contributed by atoms with E-state index in [4.69, 9.17) is 9.84 Å². The minimum absolute atomic E-state index is 0.113. The second-order valence-electron chi connectivity index (χ2n) is 3.06. The number of carboxylic acids is 1. The number of aliphatic carboxylic acids is 1. The second-order valence-corrected chi connectivity index (χ2v) is 3.06. The number of ether oxygens (including phenoxy) is 1. The first-order valence-corrected chi connectivity index (χ1v) is 4.44. The Labute approximate surface area is 82.0 Å². The summed E-state index contributed by atoms with van der Waals surface area (Å²) in [6, 6.07) is -0.729. The maximum atomic E-state index is 11.3. The minimum Gasteiger partial charge on any atom is -0.480 e. The molecule has 1 heterocycles. The minimum atomic E-state index is -0.974. The van der Waals surface area contributed by atoms with Crippen LogP contribution in [0.15, 0.2) is 12.7 Å². The molecule has 0 saturated carbocycles. The van der Waals surface area contributed by atoms with Gasteiger partial charge < -0.3 is 9.84 Å². The van der Waals surface area contributed by atoms with Gasteiger partial charge in [-0.05, 0) is 12.8 Å². The first-order valence-electron chi connectivity index (χ1n) is 4.44. The number of carboxylic acid groups (broad SMARTS) is 1. The first-order chi connectivity index (χ1) is 6.66. The molecule has 1 unspecified atom stereocenters.